The Morgan fingerprint density at radius 3 is 2.58 bits per heavy atom. The Kier molecular flexibility index (Phi) is 8.44. The number of benzene rings is 1. The van der Waals surface area contributed by atoms with Gasteiger partial charge in [-0.25, -0.2) is 4.68 Å². The van der Waals surface area contributed by atoms with Crippen molar-refractivity contribution in [2.24, 2.45) is 10.1 Å². The van der Waals surface area contributed by atoms with E-state index in [4.69, 9.17) is 0 Å². The summed E-state index contributed by atoms with van der Waals surface area (Å²) >= 11 is 1.26. The summed E-state index contributed by atoms with van der Waals surface area (Å²) in [5.74, 6) is -0.818. The molecule has 3 rings (SSSR count). The monoisotopic (exact) mass is 518 g/mol. The second-order valence-corrected chi connectivity index (χ2v) is 10.2. The van der Waals surface area contributed by atoms with Crippen molar-refractivity contribution in [1.82, 2.24) is 14.8 Å². The van der Waals surface area contributed by atoms with Crippen LogP contribution >= 0.6 is 11.3 Å². The molecular formula is C25H29F3N6OS. The number of hydrazone groups is 1. The molecule has 2 aromatic heterocycles. The molecule has 2 heterocycles. The van der Waals surface area contributed by atoms with Crippen molar-refractivity contribution >= 4 is 29.1 Å². The standard InChI is InChI=1S/C25H29F3N6OS/c1-6-7-13-34-23(36-22(33-34)24(3,4)5)31-21(35)19-14-17(25(26,27)28)11-12-20(19)32-29-15-18-10-8-9-16(2)30-18/h8-12,14-15,32H,6-7,13H2,1-5H3/b29-15-,31-23?. The Morgan fingerprint density at radius 1 is 1.19 bits per heavy atom. The molecule has 0 aliphatic carbocycles. The molecule has 1 N–H and O–H groups in total. The fourth-order valence-corrected chi connectivity index (χ4v) is 4.08. The number of carbonyl (C=O) groups excluding carboxylic acids is 1. The molecule has 0 aliphatic rings. The highest BCUT2D eigenvalue weighted by Gasteiger charge is 2.32. The van der Waals surface area contributed by atoms with E-state index in [2.05, 4.69) is 25.6 Å². The van der Waals surface area contributed by atoms with E-state index in [1.807, 2.05) is 46.8 Å². The highest BCUT2D eigenvalue weighted by Crippen LogP contribution is 2.32. The fraction of sp³-hybridized carbons (Fsp3) is 0.400. The molecule has 0 aliphatic heterocycles. The van der Waals surface area contributed by atoms with Gasteiger partial charge in [0.1, 0.15) is 5.01 Å². The third kappa shape index (κ3) is 7.09. The smallest absolute Gasteiger partial charge is 0.278 e. The number of rotatable bonds is 7. The summed E-state index contributed by atoms with van der Waals surface area (Å²) in [6, 6.07) is 8.23. The van der Waals surface area contributed by atoms with E-state index in [1.165, 1.54) is 23.6 Å². The molecule has 0 spiro atoms. The number of halogens is 3. The van der Waals surface area contributed by atoms with Crippen LogP contribution in [0.5, 0.6) is 0 Å². The van der Waals surface area contributed by atoms with Crippen molar-refractivity contribution in [3.8, 4) is 0 Å². The Bertz CT molecular complexity index is 1320. The number of hydrogen-bond acceptors (Lipinski definition) is 6. The van der Waals surface area contributed by atoms with Crippen molar-refractivity contribution in [2.45, 2.75) is 65.6 Å². The van der Waals surface area contributed by atoms with E-state index in [9.17, 15) is 18.0 Å². The van der Waals surface area contributed by atoms with Crippen LogP contribution in [0.3, 0.4) is 0 Å². The van der Waals surface area contributed by atoms with Gasteiger partial charge < -0.3 is 0 Å². The molecule has 0 atom stereocenters. The number of pyridine rings is 1. The van der Waals surface area contributed by atoms with Crippen molar-refractivity contribution in [3.63, 3.8) is 0 Å². The summed E-state index contributed by atoms with van der Waals surface area (Å²) < 4.78 is 41.9. The van der Waals surface area contributed by atoms with E-state index in [1.54, 1.807) is 10.7 Å². The maximum Gasteiger partial charge on any atom is 0.416 e. The van der Waals surface area contributed by atoms with Crippen LogP contribution in [0, 0.1) is 6.92 Å². The molecule has 7 nitrogen and oxygen atoms in total. The average molecular weight is 519 g/mol. The van der Waals surface area contributed by atoms with Crippen LogP contribution in [0.1, 0.15) is 72.9 Å². The van der Waals surface area contributed by atoms with Gasteiger partial charge in [0, 0.05) is 17.7 Å². The zero-order valence-corrected chi connectivity index (χ0v) is 21.7. The number of unbranched alkanes of at least 4 members (excludes halogenated alkanes) is 1. The van der Waals surface area contributed by atoms with Crippen molar-refractivity contribution in [2.75, 3.05) is 5.43 Å². The SMILES string of the molecule is CCCCn1nc(C(C)(C)C)sc1=NC(=O)c1cc(C(F)(F)F)ccc1N/N=C\c1cccc(C)n1. The number of amides is 1. The number of aryl methyl sites for hydroxylation is 2. The summed E-state index contributed by atoms with van der Waals surface area (Å²) in [6.45, 7) is 10.4. The molecule has 0 fully saturated rings. The Morgan fingerprint density at radius 2 is 1.94 bits per heavy atom. The minimum absolute atomic E-state index is 0.0984. The zero-order valence-electron chi connectivity index (χ0n) is 20.8. The lowest BCUT2D eigenvalue weighted by atomic mass is 9.98. The Balaban J connectivity index is 2.03. The van der Waals surface area contributed by atoms with Crippen LogP contribution < -0.4 is 10.2 Å². The van der Waals surface area contributed by atoms with Crippen molar-refractivity contribution in [3.05, 3.63) is 68.7 Å². The molecule has 11 heteroatoms. The molecule has 1 amide bonds. The third-order valence-electron chi connectivity index (χ3n) is 5.05. The van der Waals surface area contributed by atoms with E-state index < -0.39 is 17.6 Å². The topological polar surface area (TPSA) is 84.5 Å². The number of carbonyl (C=O) groups is 1. The minimum atomic E-state index is -4.62. The summed E-state index contributed by atoms with van der Waals surface area (Å²) in [6.07, 6.45) is -1.45. The van der Waals surface area contributed by atoms with Gasteiger partial charge in [0.15, 0.2) is 0 Å². The normalized spacial score (nSPS) is 12.9. The van der Waals surface area contributed by atoms with E-state index >= 15 is 0 Å². The third-order valence-corrected chi connectivity index (χ3v) is 6.42. The zero-order chi connectivity index (χ0) is 26.5. The van der Waals surface area contributed by atoms with Gasteiger partial charge in [-0.05, 0) is 43.7 Å². The summed E-state index contributed by atoms with van der Waals surface area (Å²) in [4.78, 5) is 22.0. The molecule has 0 unspecified atom stereocenters. The number of nitrogens with zero attached hydrogens (tertiary/aromatic N) is 5. The van der Waals surface area contributed by atoms with Gasteiger partial charge in [0.25, 0.3) is 5.91 Å². The molecule has 36 heavy (non-hydrogen) atoms. The first kappa shape index (κ1) is 27.3. The molecule has 0 saturated carbocycles. The molecule has 0 bridgehead atoms. The predicted octanol–water partition coefficient (Wildman–Crippen LogP) is 5.95. The number of nitrogens with one attached hydrogen (secondary N) is 1. The van der Waals surface area contributed by atoms with Gasteiger partial charge in [-0.3, -0.25) is 15.2 Å². The lowest BCUT2D eigenvalue weighted by Crippen LogP contribution is -2.19. The highest BCUT2D eigenvalue weighted by molar-refractivity contribution is 7.09. The molecule has 0 saturated heterocycles. The van der Waals surface area contributed by atoms with Gasteiger partial charge in [-0.2, -0.15) is 28.4 Å². The van der Waals surface area contributed by atoms with Crippen molar-refractivity contribution < 1.29 is 18.0 Å². The van der Waals surface area contributed by atoms with E-state index in [-0.39, 0.29) is 16.7 Å². The highest BCUT2D eigenvalue weighted by atomic mass is 32.1. The Hall–Kier alpha value is -3.34. The first-order valence-corrected chi connectivity index (χ1v) is 12.3. The van der Waals surface area contributed by atoms with Crippen LogP contribution in [0.15, 0.2) is 46.5 Å². The molecule has 3 aromatic rings. The van der Waals surface area contributed by atoms with Crippen molar-refractivity contribution in [1.29, 1.82) is 0 Å². The first-order valence-electron chi connectivity index (χ1n) is 11.5. The van der Waals surface area contributed by atoms with Crippen LogP contribution in [-0.2, 0) is 18.1 Å². The maximum absolute atomic E-state index is 13.4. The molecule has 192 valence electrons. The molecular weight excluding hydrogens is 489 g/mol. The quantitative estimate of drug-likeness (QED) is 0.309. The maximum atomic E-state index is 13.4. The average Bonchev–Trinajstić information content (AvgIpc) is 3.20. The van der Waals surface area contributed by atoms with Crippen LogP contribution in [-0.4, -0.2) is 26.9 Å². The van der Waals surface area contributed by atoms with Crippen LogP contribution in [0.2, 0.25) is 0 Å². The number of hydrogen-bond donors (Lipinski definition) is 1. The first-order chi connectivity index (χ1) is 16.9. The molecule has 0 radical (unpaired) electrons. The summed E-state index contributed by atoms with van der Waals surface area (Å²) in [5.41, 5.74) is 2.65. The number of alkyl halides is 3. The second kappa shape index (κ2) is 11.2. The largest absolute Gasteiger partial charge is 0.416 e. The van der Waals surface area contributed by atoms with Gasteiger partial charge in [-0.15, -0.1) is 0 Å². The lowest BCUT2D eigenvalue weighted by molar-refractivity contribution is -0.137. The predicted molar refractivity (Wildman–Crippen MR) is 135 cm³/mol. The van der Waals surface area contributed by atoms with E-state index in [0.717, 1.165) is 35.7 Å². The fourth-order valence-electron chi connectivity index (χ4n) is 3.10. The van der Waals surface area contributed by atoms with Crippen LogP contribution in [0.25, 0.3) is 0 Å². The summed E-state index contributed by atoms with van der Waals surface area (Å²) in [5, 5.41) is 9.44. The lowest BCUT2D eigenvalue weighted by Gasteiger charge is -2.12. The van der Waals surface area contributed by atoms with E-state index in [0.29, 0.717) is 17.0 Å². The van der Waals surface area contributed by atoms with Gasteiger partial charge in [0.2, 0.25) is 4.80 Å². The molecule has 1 aromatic carbocycles. The minimum Gasteiger partial charge on any atom is -0.278 e. The second-order valence-electron chi connectivity index (χ2n) is 9.27. The summed E-state index contributed by atoms with van der Waals surface area (Å²) in [7, 11) is 0. The van der Waals surface area contributed by atoms with Gasteiger partial charge >= 0.3 is 6.18 Å². The Labute approximate surface area is 211 Å². The number of aromatic nitrogens is 3. The van der Waals surface area contributed by atoms with Gasteiger partial charge in [0.05, 0.1) is 28.7 Å². The van der Waals surface area contributed by atoms with Gasteiger partial charge in [-0.1, -0.05) is 51.5 Å². The number of anilines is 1. The van der Waals surface area contributed by atoms with Crippen LogP contribution in [0.4, 0.5) is 18.9 Å².